The van der Waals surface area contributed by atoms with Gasteiger partial charge in [0.1, 0.15) is 0 Å². The second-order valence-electron chi connectivity index (χ2n) is 5.81. The molecule has 0 aliphatic heterocycles. The maximum atomic E-state index is 13.8. The van der Waals surface area contributed by atoms with Crippen molar-refractivity contribution in [1.29, 1.82) is 0 Å². The molecule has 0 rings (SSSR count). The van der Waals surface area contributed by atoms with Crippen molar-refractivity contribution >= 4 is 0 Å². The number of halogens is 2. The minimum atomic E-state index is -0.835. The molecule has 0 heterocycles. The minimum absolute atomic E-state index is 0.0330. The molecule has 0 aliphatic carbocycles. The van der Waals surface area contributed by atoms with Gasteiger partial charge in [0, 0.05) is 0 Å². The zero-order valence-electron chi connectivity index (χ0n) is 16.9. The first-order chi connectivity index (χ1) is 10.8. The molecule has 2 heteroatoms. The molecule has 0 N–H and O–H groups in total. The van der Waals surface area contributed by atoms with Crippen molar-refractivity contribution in [2.24, 2.45) is 11.8 Å². The SMILES string of the molecule is C=C(CC)/C(F)=C(/F)C(=C)C(C)CCC(C)CC.CC.CCC. The molecule has 0 aromatic carbocycles. The van der Waals surface area contributed by atoms with Gasteiger partial charge in [-0.05, 0) is 35.8 Å². The Kier molecular flexibility index (Phi) is 20.4. The van der Waals surface area contributed by atoms with E-state index in [-0.39, 0.29) is 17.1 Å². The lowest BCUT2D eigenvalue weighted by Gasteiger charge is -2.16. The highest BCUT2D eigenvalue weighted by molar-refractivity contribution is 5.35. The van der Waals surface area contributed by atoms with Gasteiger partial charge in [0.25, 0.3) is 0 Å². The van der Waals surface area contributed by atoms with E-state index in [4.69, 9.17) is 0 Å². The van der Waals surface area contributed by atoms with E-state index in [2.05, 4.69) is 40.9 Å². The number of hydrogen-bond acceptors (Lipinski definition) is 0. The van der Waals surface area contributed by atoms with Gasteiger partial charge in [-0.3, -0.25) is 0 Å². The standard InChI is InChI=1S/C16H26F2.C3H8.C2H6/c1-7-11(3)9-10-13(5)14(6)16(18)15(17)12(4)8-2;1-3-2;1-2/h11,13H,4,6-10H2,1-3,5H3;3H2,1-2H3;1-2H3/b16-15-;;. The highest BCUT2D eigenvalue weighted by Gasteiger charge is 2.17. The molecule has 0 saturated heterocycles. The normalized spacial score (nSPS) is 13.5. The molecule has 0 saturated carbocycles. The van der Waals surface area contributed by atoms with E-state index in [1.807, 2.05) is 20.8 Å². The Labute approximate surface area is 144 Å². The summed E-state index contributed by atoms with van der Waals surface area (Å²) in [4.78, 5) is 0. The molecule has 138 valence electrons. The number of hydrogen-bond donors (Lipinski definition) is 0. The van der Waals surface area contributed by atoms with Crippen LogP contribution in [0.3, 0.4) is 0 Å². The van der Waals surface area contributed by atoms with Crippen LogP contribution in [0, 0.1) is 11.8 Å². The van der Waals surface area contributed by atoms with E-state index in [1.54, 1.807) is 6.92 Å². The summed E-state index contributed by atoms with van der Waals surface area (Å²) in [6.07, 6.45) is 4.62. The highest BCUT2D eigenvalue weighted by Crippen LogP contribution is 2.30. The molecule has 23 heavy (non-hydrogen) atoms. The quantitative estimate of drug-likeness (QED) is 0.391. The Hall–Kier alpha value is -0.920. The van der Waals surface area contributed by atoms with Crippen LogP contribution in [-0.4, -0.2) is 0 Å². The first kappa shape index (κ1) is 27.0. The largest absolute Gasteiger partial charge is 0.203 e. The van der Waals surface area contributed by atoms with Gasteiger partial charge in [0.15, 0.2) is 11.7 Å². The Bertz CT molecular complexity index is 340. The summed E-state index contributed by atoms with van der Waals surface area (Å²) in [6.45, 7) is 23.4. The van der Waals surface area contributed by atoms with Crippen molar-refractivity contribution in [3.63, 3.8) is 0 Å². The summed E-state index contributed by atoms with van der Waals surface area (Å²) in [6, 6.07) is 0. The molecule has 0 spiro atoms. The second-order valence-corrected chi connectivity index (χ2v) is 5.81. The van der Waals surface area contributed by atoms with E-state index >= 15 is 0 Å². The average Bonchev–Trinajstić information content (AvgIpc) is 2.58. The molecule has 0 bridgehead atoms. The smallest absolute Gasteiger partial charge is 0.161 e. The average molecular weight is 331 g/mol. The monoisotopic (exact) mass is 330 g/mol. The molecule has 2 unspecified atom stereocenters. The van der Waals surface area contributed by atoms with Gasteiger partial charge < -0.3 is 0 Å². The van der Waals surface area contributed by atoms with E-state index in [9.17, 15) is 8.78 Å². The van der Waals surface area contributed by atoms with Crippen LogP contribution < -0.4 is 0 Å². The predicted molar refractivity (Wildman–Crippen MR) is 103 cm³/mol. The summed E-state index contributed by atoms with van der Waals surface area (Å²) in [7, 11) is 0. The van der Waals surface area contributed by atoms with Crippen molar-refractivity contribution in [3.8, 4) is 0 Å². The molecule has 0 fully saturated rings. The zero-order chi connectivity index (χ0) is 19.0. The van der Waals surface area contributed by atoms with E-state index in [1.165, 1.54) is 6.42 Å². The summed E-state index contributed by atoms with van der Waals surface area (Å²) in [5.74, 6) is -1.08. The van der Waals surface area contributed by atoms with E-state index < -0.39 is 11.7 Å². The molecule has 0 aromatic rings. The van der Waals surface area contributed by atoms with Gasteiger partial charge >= 0.3 is 0 Å². The molecular formula is C21H40F2. The first-order valence-electron chi connectivity index (χ1n) is 9.19. The molecule has 0 amide bonds. The summed E-state index contributed by atoms with van der Waals surface area (Å²) in [5.41, 5.74) is 0.452. The fraction of sp³-hybridized carbons (Fsp3) is 0.714. The van der Waals surface area contributed by atoms with Crippen LogP contribution in [0.4, 0.5) is 8.78 Å². The molecule has 0 nitrogen and oxygen atoms in total. The van der Waals surface area contributed by atoms with Gasteiger partial charge in [-0.2, -0.15) is 0 Å². The van der Waals surface area contributed by atoms with Gasteiger partial charge in [-0.15, -0.1) is 0 Å². The van der Waals surface area contributed by atoms with Crippen molar-refractivity contribution in [2.45, 2.75) is 87.5 Å². The van der Waals surface area contributed by atoms with E-state index in [0.717, 1.165) is 19.3 Å². The molecule has 0 aliphatic rings. The summed E-state index contributed by atoms with van der Waals surface area (Å²) in [5, 5.41) is 0. The van der Waals surface area contributed by atoms with Crippen molar-refractivity contribution in [1.82, 2.24) is 0 Å². The molecule has 0 radical (unpaired) electrons. The van der Waals surface area contributed by atoms with Gasteiger partial charge in [0.2, 0.25) is 0 Å². The van der Waals surface area contributed by atoms with Crippen LogP contribution in [0.5, 0.6) is 0 Å². The van der Waals surface area contributed by atoms with Gasteiger partial charge in [-0.25, -0.2) is 8.78 Å². The number of allylic oxidation sites excluding steroid dienone is 4. The lowest BCUT2D eigenvalue weighted by Crippen LogP contribution is -2.04. The van der Waals surface area contributed by atoms with Crippen molar-refractivity contribution < 1.29 is 8.78 Å². The molecule has 2 atom stereocenters. The van der Waals surface area contributed by atoms with E-state index in [0.29, 0.717) is 12.3 Å². The third kappa shape index (κ3) is 13.2. The Morgan fingerprint density at radius 2 is 1.30 bits per heavy atom. The third-order valence-corrected chi connectivity index (χ3v) is 3.60. The zero-order valence-corrected chi connectivity index (χ0v) is 16.9. The van der Waals surface area contributed by atoms with Crippen LogP contribution in [0.2, 0.25) is 0 Å². The van der Waals surface area contributed by atoms with Crippen molar-refractivity contribution in [3.05, 3.63) is 36.0 Å². The first-order valence-corrected chi connectivity index (χ1v) is 9.19. The van der Waals surface area contributed by atoms with Gasteiger partial charge in [-0.1, -0.05) is 87.8 Å². The van der Waals surface area contributed by atoms with Crippen molar-refractivity contribution in [2.75, 3.05) is 0 Å². The fourth-order valence-electron chi connectivity index (χ4n) is 1.58. The summed E-state index contributed by atoms with van der Waals surface area (Å²) >= 11 is 0. The Morgan fingerprint density at radius 1 is 0.870 bits per heavy atom. The highest BCUT2D eigenvalue weighted by atomic mass is 19.2. The van der Waals surface area contributed by atoms with Crippen LogP contribution in [0.25, 0.3) is 0 Å². The Morgan fingerprint density at radius 3 is 1.65 bits per heavy atom. The lowest BCUT2D eigenvalue weighted by molar-refractivity contribution is 0.440. The van der Waals surface area contributed by atoms with Crippen LogP contribution >= 0.6 is 0 Å². The van der Waals surface area contributed by atoms with Gasteiger partial charge in [0.05, 0.1) is 0 Å². The summed E-state index contributed by atoms with van der Waals surface area (Å²) < 4.78 is 27.4. The maximum absolute atomic E-state index is 13.8. The predicted octanol–water partition coefficient (Wildman–Crippen LogP) is 8.56. The maximum Gasteiger partial charge on any atom is 0.161 e. The second kappa shape index (κ2) is 17.4. The minimum Gasteiger partial charge on any atom is -0.203 e. The molecular weight excluding hydrogens is 290 g/mol. The fourth-order valence-corrected chi connectivity index (χ4v) is 1.58. The topological polar surface area (TPSA) is 0 Å². The molecule has 0 aromatic heterocycles. The van der Waals surface area contributed by atoms with Crippen LogP contribution in [0.15, 0.2) is 36.0 Å². The number of rotatable bonds is 8. The Balaban J connectivity index is -0.000000710. The van der Waals surface area contributed by atoms with Crippen LogP contribution in [-0.2, 0) is 0 Å². The lowest BCUT2D eigenvalue weighted by atomic mass is 9.91. The van der Waals surface area contributed by atoms with Crippen LogP contribution in [0.1, 0.15) is 87.5 Å². The third-order valence-electron chi connectivity index (χ3n) is 3.60.